The van der Waals surface area contributed by atoms with Gasteiger partial charge in [0.05, 0.1) is 6.61 Å². The predicted octanol–water partition coefficient (Wildman–Crippen LogP) is 42.1. The summed E-state index contributed by atoms with van der Waals surface area (Å²) in [6.07, 6.45) is 112. The van der Waals surface area contributed by atoms with Crippen molar-refractivity contribution in [2.75, 3.05) is 6.61 Å². The lowest BCUT2D eigenvalue weighted by molar-refractivity contribution is 0.422. The van der Waals surface area contributed by atoms with Crippen LogP contribution in [0.25, 0.3) is 0 Å². The Hall–Kier alpha value is -5.42. The molecule has 0 aliphatic rings. The molecule has 123 heavy (non-hydrogen) atoms. The highest BCUT2D eigenvalue weighted by Gasteiger charge is 2.05. The average molecular weight is 1720 g/mol. The van der Waals surface area contributed by atoms with Crippen LogP contribution in [-0.4, -0.2) is 6.61 Å². The summed E-state index contributed by atoms with van der Waals surface area (Å²) in [7, 11) is 3.12. The Balaban J connectivity index is 4.38. The van der Waals surface area contributed by atoms with Crippen LogP contribution in [0.15, 0.2) is 280 Å². The van der Waals surface area contributed by atoms with Crippen molar-refractivity contribution >= 4 is 17.4 Å². The van der Waals surface area contributed by atoms with E-state index in [2.05, 4.69) is 328 Å². The fraction of sp³-hybridized carbons (Fsp3) is 0.600. The Bertz CT molecular complexity index is 3600. The lowest BCUT2D eigenvalue weighted by atomic mass is 10.0. The molecule has 0 aromatic rings. The van der Waals surface area contributed by atoms with Crippen LogP contribution in [0.4, 0.5) is 0 Å². The standard InChI is InChI=1S/C120H196OP2/c1-97(2)49-26-50-98(3)51-27-52-99(4)53-28-54-100(5)55-29-56-101(6)57-30-58-102(7)59-31-60-103(8)61-32-62-104(9)63-33-64-105(10)65-34-66-106(11)67-35-68-107(12)69-36-70-108(13)71-37-72-109(14)73-38-74-110(15)75-39-76-111(16)77-40-78-112(17)79-41-80-113(18)81-42-82-114(19)83-43-84-115(20)85-44-86-116(21)87-45-88-117(22)89-46-90-118(23)91-47-92-119(24)93-48-94-120(25)95-96-121-123-122/h49,51,53,55,57,59,61,63,65,67,69,71,73,75,77,79,81,83,85,87,89,91,93,95,123H,26-48,50,52,54,56,58,60,62,64,66,68,70,72,74,76,78,80,82,84,86,88,90,92,94,96,122H2,1-25H3/b98-51+,99-53+,100-55+,101-57-,102-59-,103-61-,104-63-,105-65-,106-67-,107-69-,108-71-,109-73-,110-75-,111-77-,112-79-,113-81-,114-83-,115-85-,116-87-,117-89-,118-91-,119-93-,120-95-. The van der Waals surface area contributed by atoms with Gasteiger partial charge >= 0.3 is 0 Å². The van der Waals surface area contributed by atoms with Crippen LogP contribution in [-0.2, 0) is 4.52 Å². The molecule has 0 aromatic heterocycles. The molecule has 692 valence electrons. The van der Waals surface area contributed by atoms with Crippen molar-refractivity contribution in [1.82, 2.24) is 0 Å². The molecule has 0 spiro atoms. The van der Waals surface area contributed by atoms with Crippen LogP contribution >= 0.6 is 17.4 Å². The molecule has 1 nitrogen and oxygen atoms in total. The van der Waals surface area contributed by atoms with Gasteiger partial charge in [-0.1, -0.05) is 289 Å². The molecule has 0 saturated carbocycles. The van der Waals surface area contributed by atoms with Gasteiger partial charge in [-0.25, -0.2) is 0 Å². The fourth-order valence-electron chi connectivity index (χ4n) is 15.2. The minimum atomic E-state index is 0.486. The normalized spacial score (nSPS) is 15.4. The maximum Gasteiger partial charge on any atom is 0.0693 e. The van der Waals surface area contributed by atoms with Gasteiger partial charge in [-0.15, -0.1) is 0 Å². The summed E-state index contributed by atoms with van der Waals surface area (Å²) in [4.78, 5) is 0. The van der Waals surface area contributed by atoms with E-state index < -0.39 is 0 Å². The molecule has 2 unspecified atom stereocenters. The molecule has 0 fully saturated rings. The first-order chi connectivity index (χ1) is 58.8. The molecule has 0 aromatic carbocycles. The summed E-state index contributed by atoms with van der Waals surface area (Å²) in [6.45, 7) is 58.3. The Morgan fingerprint density at radius 2 is 0.220 bits per heavy atom. The summed E-state index contributed by atoms with van der Waals surface area (Å²) >= 11 is 0. The van der Waals surface area contributed by atoms with E-state index in [1.807, 2.05) is 0 Å². The monoisotopic (exact) mass is 1720 g/mol. The van der Waals surface area contributed by atoms with Gasteiger partial charge in [0.15, 0.2) is 0 Å². The Morgan fingerprint density at radius 3 is 0.301 bits per heavy atom. The van der Waals surface area contributed by atoms with Gasteiger partial charge in [0.2, 0.25) is 0 Å². The first kappa shape index (κ1) is 118. The third-order valence-corrected chi connectivity index (χ3v) is 25.2. The van der Waals surface area contributed by atoms with Gasteiger partial charge in [0, 0.05) is 8.50 Å². The van der Waals surface area contributed by atoms with Gasteiger partial charge in [-0.05, 0) is 468 Å². The lowest BCUT2D eigenvalue weighted by Gasteiger charge is -2.05. The first-order valence-electron chi connectivity index (χ1n) is 49.6. The first-order valence-corrected chi connectivity index (χ1v) is 52.4. The molecule has 0 bridgehead atoms. The van der Waals surface area contributed by atoms with E-state index in [1.54, 1.807) is 0 Å². The topological polar surface area (TPSA) is 9.23 Å². The van der Waals surface area contributed by atoms with Crippen molar-refractivity contribution in [2.24, 2.45) is 0 Å². The van der Waals surface area contributed by atoms with E-state index in [0.717, 1.165) is 154 Å². The third-order valence-electron chi connectivity index (χ3n) is 24.4. The molecule has 2 atom stereocenters. The Kier molecular flexibility index (Phi) is 76.4. The van der Waals surface area contributed by atoms with Crippen LogP contribution in [0.5, 0.6) is 0 Å². The minimum absolute atomic E-state index is 0.486. The zero-order valence-electron chi connectivity index (χ0n) is 85.6. The van der Waals surface area contributed by atoms with Crippen molar-refractivity contribution in [2.45, 2.75) is 468 Å². The molecule has 0 amide bonds. The van der Waals surface area contributed by atoms with E-state index >= 15 is 0 Å². The largest absolute Gasteiger partial charge is 0.354 e. The van der Waals surface area contributed by atoms with Crippen molar-refractivity contribution in [3.05, 3.63) is 280 Å². The number of allylic oxidation sites excluding steroid dienone is 47. The highest BCUT2D eigenvalue weighted by molar-refractivity contribution is 8.00. The number of rotatable bonds is 72. The predicted molar refractivity (Wildman–Crippen MR) is 572 cm³/mol. The second-order valence-corrected chi connectivity index (χ2v) is 39.5. The summed E-state index contributed by atoms with van der Waals surface area (Å²) < 4.78 is 5.44. The van der Waals surface area contributed by atoms with Crippen LogP contribution in [0, 0.1) is 0 Å². The van der Waals surface area contributed by atoms with Crippen LogP contribution in [0.3, 0.4) is 0 Å². The molecule has 0 aliphatic heterocycles. The summed E-state index contributed by atoms with van der Waals surface area (Å²) in [6, 6.07) is 0. The van der Waals surface area contributed by atoms with E-state index in [4.69, 9.17) is 4.52 Å². The highest BCUT2D eigenvalue weighted by atomic mass is 32.0. The highest BCUT2D eigenvalue weighted by Crippen LogP contribution is 2.26. The van der Waals surface area contributed by atoms with E-state index in [1.165, 1.54) is 281 Å². The molecular formula is C120H196OP2. The van der Waals surface area contributed by atoms with E-state index in [0.29, 0.717) is 8.50 Å². The van der Waals surface area contributed by atoms with Crippen molar-refractivity contribution in [1.29, 1.82) is 0 Å². The quantitative estimate of drug-likeness (QED) is 0.0335. The average Bonchev–Trinajstić information content (AvgIpc) is 0.995. The van der Waals surface area contributed by atoms with Gasteiger partial charge in [0.25, 0.3) is 0 Å². The van der Waals surface area contributed by atoms with Crippen LogP contribution in [0.2, 0.25) is 0 Å². The zero-order chi connectivity index (χ0) is 91.5. The maximum atomic E-state index is 5.44. The number of hydrogen-bond acceptors (Lipinski definition) is 1. The second kappa shape index (κ2) is 79.9. The Morgan fingerprint density at radius 1 is 0.138 bits per heavy atom. The SMILES string of the molecule is CC(C)=CCC/C(C)=C/CC/C(C)=C/CC/C(C)=C/CC/C(C)=C\CC/C(C)=C\CC/C(C)=C\CC/C(C)=C\CC/C(C)=C\CC/C(C)=C\CC/C(C)=C\CC/C(C)=C\CC/C(C)=C\CC/C(C)=C\CC/C(C)=C\CC/C(C)=C\CC/C(C)=C\CC/C(C)=C\CC/C(C)=C\CC/C(C)=C\CC/C(C)=C\CC/C(C)=C\CC/C(C)=C\CC/C(C)=C\COPP. The molecule has 0 aliphatic carbocycles. The fourth-order valence-corrected chi connectivity index (χ4v) is 15.7. The van der Waals surface area contributed by atoms with Gasteiger partial charge in [-0.2, -0.15) is 0 Å². The summed E-state index contributed by atoms with van der Waals surface area (Å²) in [5, 5.41) is 0. The van der Waals surface area contributed by atoms with Gasteiger partial charge in [-0.3, -0.25) is 0 Å². The van der Waals surface area contributed by atoms with Crippen molar-refractivity contribution in [3.63, 3.8) is 0 Å². The van der Waals surface area contributed by atoms with Gasteiger partial charge in [0.1, 0.15) is 0 Å². The van der Waals surface area contributed by atoms with Gasteiger partial charge < -0.3 is 4.52 Å². The van der Waals surface area contributed by atoms with Crippen LogP contribution in [0.1, 0.15) is 468 Å². The molecule has 0 heterocycles. The van der Waals surface area contributed by atoms with Crippen molar-refractivity contribution < 1.29 is 4.52 Å². The second-order valence-electron chi connectivity index (χ2n) is 38.3. The smallest absolute Gasteiger partial charge is 0.0693 e. The summed E-state index contributed by atoms with van der Waals surface area (Å²) in [5.41, 5.74) is 36.5. The number of hydrogen-bond donors (Lipinski definition) is 0. The molecule has 0 N–H and O–H groups in total. The summed E-state index contributed by atoms with van der Waals surface area (Å²) in [5.74, 6) is 0. The molecule has 3 heteroatoms. The Labute approximate surface area is 771 Å². The zero-order valence-corrected chi connectivity index (χ0v) is 87.7. The van der Waals surface area contributed by atoms with Crippen molar-refractivity contribution in [3.8, 4) is 0 Å². The molecular weight excluding hydrogens is 1520 g/mol. The lowest BCUT2D eigenvalue weighted by Crippen LogP contribution is -1.84. The maximum absolute atomic E-state index is 5.44. The molecule has 0 rings (SSSR count). The third kappa shape index (κ3) is 80.9. The van der Waals surface area contributed by atoms with Crippen LogP contribution < -0.4 is 0 Å². The molecule has 0 saturated heterocycles. The molecule has 0 radical (unpaired) electrons. The van der Waals surface area contributed by atoms with E-state index in [-0.39, 0.29) is 0 Å². The minimum Gasteiger partial charge on any atom is -0.354 e. The van der Waals surface area contributed by atoms with E-state index in [9.17, 15) is 0 Å².